The Morgan fingerprint density at radius 3 is 2.57 bits per heavy atom. The molecule has 1 atom stereocenters. The number of primary amides is 1. The minimum atomic E-state index is -3.58. The zero-order valence-electron chi connectivity index (χ0n) is 15.7. The van der Waals surface area contributed by atoms with Gasteiger partial charge in [0.25, 0.3) is 5.91 Å². The van der Waals surface area contributed by atoms with Crippen molar-refractivity contribution in [1.82, 2.24) is 4.31 Å². The lowest BCUT2D eigenvalue weighted by atomic mass is 10.0. The summed E-state index contributed by atoms with van der Waals surface area (Å²) < 4.78 is 32.8. The number of ether oxygens (including phenoxy) is 1. The van der Waals surface area contributed by atoms with E-state index in [1.807, 2.05) is 23.9 Å². The Balaban J connectivity index is 1.70. The van der Waals surface area contributed by atoms with Crippen LogP contribution in [0.2, 0.25) is 0 Å². The van der Waals surface area contributed by atoms with Crippen LogP contribution in [-0.4, -0.2) is 44.1 Å². The maximum Gasteiger partial charge on any atom is 0.255 e. The second-order valence-corrected chi connectivity index (χ2v) is 9.88. The van der Waals surface area contributed by atoms with E-state index in [0.717, 1.165) is 12.2 Å². The molecule has 6 nitrogen and oxygen atoms in total. The minimum absolute atomic E-state index is 0.221. The third-order valence-electron chi connectivity index (χ3n) is 4.68. The van der Waals surface area contributed by atoms with Crippen LogP contribution < -0.4 is 10.5 Å². The predicted octanol–water partition coefficient (Wildman–Crippen LogP) is 2.73. The molecule has 3 rings (SSSR count). The van der Waals surface area contributed by atoms with Crippen molar-refractivity contribution in [2.75, 3.05) is 25.4 Å². The lowest BCUT2D eigenvalue weighted by Crippen LogP contribution is -2.33. The Bertz CT molecular complexity index is 929. The van der Waals surface area contributed by atoms with Crippen molar-refractivity contribution in [3.05, 3.63) is 59.7 Å². The van der Waals surface area contributed by atoms with E-state index in [9.17, 15) is 13.2 Å². The highest BCUT2D eigenvalue weighted by Gasteiger charge is 2.28. The van der Waals surface area contributed by atoms with Crippen molar-refractivity contribution in [1.29, 1.82) is 0 Å². The van der Waals surface area contributed by atoms with E-state index < -0.39 is 15.9 Å². The van der Waals surface area contributed by atoms with Crippen LogP contribution >= 0.6 is 11.8 Å². The first kappa shape index (κ1) is 20.7. The fourth-order valence-electron chi connectivity index (χ4n) is 3.20. The Morgan fingerprint density at radius 2 is 1.89 bits per heavy atom. The van der Waals surface area contributed by atoms with Crippen molar-refractivity contribution < 1.29 is 17.9 Å². The van der Waals surface area contributed by atoms with Gasteiger partial charge in [0.1, 0.15) is 5.75 Å². The molecule has 1 heterocycles. The standard InChI is InChI=1S/C20H24N2O4S2/c1-15-4-2-3-5-18(15)19-10-11-22(12-13-27-19)28(24,25)17-8-6-16(7-9-17)26-14-20(21)23/h2-9,19H,10-14H2,1H3,(H2,21,23)/t19-/m0/s1. The molecule has 0 bridgehead atoms. The number of carbonyl (C=O) groups is 1. The third-order valence-corrected chi connectivity index (χ3v) is 7.90. The second-order valence-electron chi connectivity index (χ2n) is 6.64. The number of hydrogen-bond acceptors (Lipinski definition) is 5. The van der Waals surface area contributed by atoms with Gasteiger partial charge in [0.2, 0.25) is 10.0 Å². The fraction of sp³-hybridized carbons (Fsp3) is 0.350. The summed E-state index contributed by atoms with van der Waals surface area (Å²) in [5, 5.41) is 0.297. The molecule has 0 unspecified atom stereocenters. The SMILES string of the molecule is Cc1ccccc1[C@@H]1CCN(S(=O)(=O)c2ccc(OCC(N)=O)cc2)CCS1. The molecule has 1 amide bonds. The highest BCUT2D eigenvalue weighted by atomic mass is 32.2. The van der Waals surface area contributed by atoms with Gasteiger partial charge in [-0.15, -0.1) is 0 Å². The lowest BCUT2D eigenvalue weighted by molar-refractivity contribution is -0.119. The van der Waals surface area contributed by atoms with E-state index in [0.29, 0.717) is 24.1 Å². The van der Waals surface area contributed by atoms with Gasteiger partial charge >= 0.3 is 0 Å². The van der Waals surface area contributed by atoms with Crippen LogP contribution in [0.15, 0.2) is 53.4 Å². The number of sulfonamides is 1. The van der Waals surface area contributed by atoms with Crippen LogP contribution in [0, 0.1) is 6.92 Å². The average Bonchev–Trinajstić information content (AvgIpc) is 2.94. The molecule has 150 valence electrons. The number of hydrogen-bond donors (Lipinski definition) is 1. The minimum Gasteiger partial charge on any atom is -0.484 e. The highest BCUT2D eigenvalue weighted by molar-refractivity contribution is 7.99. The number of rotatable bonds is 6. The number of benzene rings is 2. The molecular formula is C20H24N2O4S2. The van der Waals surface area contributed by atoms with Crippen molar-refractivity contribution >= 4 is 27.7 Å². The summed E-state index contributed by atoms with van der Waals surface area (Å²) >= 11 is 1.81. The third kappa shape index (κ3) is 4.87. The van der Waals surface area contributed by atoms with Crippen LogP contribution in [-0.2, 0) is 14.8 Å². The Morgan fingerprint density at radius 1 is 1.18 bits per heavy atom. The number of nitrogens with zero attached hydrogens (tertiary/aromatic N) is 1. The van der Waals surface area contributed by atoms with Gasteiger partial charge in [0.15, 0.2) is 6.61 Å². The molecule has 0 saturated carbocycles. The number of amides is 1. The van der Waals surface area contributed by atoms with E-state index in [1.165, 1.54) is 23.3 Å². The van der Waals surface area contributed by atoms with Crippen LogP contribution in [0.5, 0.6) is 5.75 Å². The van der Waals surface area contributed by atoms with Gasteiger partial charge in [0.05, 0.1) is 4.90 Å². The van der Waals surface area contributed by atoms with Crippen molar-refractivity contribution in [2.24, 2.45) is 5.73 Å². The molecule has 1 aliphatic rings. The summed E-state index contributed by atoms with van der Waals surface area (Å²) in [7, 11) is -3.58. The Labute approximate surface area is 170 Å². The van der Waals surface area contributed by atoms with Crippen molar-refractivity contribution in [3.63, 3.8) is 0 Å². The molecule has 2 aromatic carbocycles. The Hall–Kier alpha value is -2.03. The lowest BCUT2D eigenvalue weighted by Gasteiger charge is -2.20. The highest BCUT2D eigenvalue weighted by Crippen LogP contribution is 2.37. The van der Waals surface area contributed by atoms with Crippen LogP contribution in [0.1, 0.15) is 22.8 Å². The summed E-state index contributed by atoms with van der Waals surface area (Å²) in [5.74, 6) is 0.573. The molecule has 1 fully saturated rings. The van der Waals surface area contributed by atoms with E-state index in [4.69, 9.17) is 10.5 Å². The molecule has 28 heavy (non-hydrogen) atoms. The first-order valence-corrected chi connectivity index (χ1v) is 11.6. The van der Waals surface area contributed by atoms with Gasteiger partial charge in [0, 0.05) is 24.1 Å². The molecule has 2 N–H and O–H groups in total. The first-order chi connectivity index (χ1) is 13.4. The molecule has 0 radical (unpaired) electrons. The van der Waals surface area contributed by atoms with E-state index in [2.05, 4.69) is 19.1 Å². The molecular weight excluding hydrogens is 396 g/mol. The summed E-state index contributed by atoms with van der Waals surface area (Å²) in [6.45, 7) is 2.82. The van der Waals surface area contributed by atoms with Crippen molar-refractivity contribution in [2.45, 2.75) is 23.5 Å². The van der Waals surface area contributed by atoms with Gasteiger partial charge in [-0.2, -0.15) is 16.1 Å². The molecule has 8 heteroatoms. The predicted molar refractivity (Wildman–Crippen MR) is 111 cm³/mol. The molecule has 0 spiro atoms. The van der Waals surface area contributed by atoms with Gasteiger partial charge in [-0.3, -0.25) is 4.79 Å². The van der Waals surface area contributed by atoms with Crippen molar-refractivity contribution in [3.8, 4) is 5.75 Å². The average molecular weight is 421 g/mol. The maximum absolute atomic E-state index is 13.0. The summed E-state index contributed by atoms with van der Waals surface area (Å²) in [6, 6.07) is 14.4. The second kappa shape index (κ2) is 8.98. The summed E-state index contributed by atoms with van der Waals surface area (Å²) in [4.78, 5) is 11.0. The fourth-order valence-corrected chi connectivity index (χ4v) is 6.10. The smallest absolute Gasteiger partial charge is 0.255 e. The molecule has 0 aromatic heterocycles. The zero-order valence-corrected chi connectivity index (χ0v) is 17.3. The molecule has 1 aliphatic heterocycles. The summed E-state index contributed by atoms with van der Waals surface area (Å²) in [5.41, 5.74) is 7.56. The molecule has 1 saturated heterocycles. The molecule has 0 aliphatic carbocycles. The number of carbonyl (C=O) groups excluding carboxylic acids is 1. The van der Waals surface area contributed by atoms with E-state index >= 15 is 0 Å². The van der Waals surface area contributed by atoms with Crippen LogP contribution in [0.3, 0.4) is 0 Å². The number of nitrogens with two attached hydrogens (primary N) is 1. The zero-order chi connectivity index (χ0) is 20.1. The van der Waals surface area contributed by atoms with Gasteiger partial charge in [-0.1, -0.05) is 24.3 Å². The van der Waals surface area contributed by atoms with Gasteiger partial charge in [-0.25, -0.2) is 8.42 Å². The monoisotopic (exact) mass is 420 g/mol. The normalized spacial score (nSPS) is 18.4. The first-order valence-electron chi connectivity index (χ1n) is 9.06. The maximum atomic E-state index is 13.0. The van der Waals surface area contributed by atoms with E-state index in [-0.39, 0.29) is 11.5 Å². The quantitative estimate of drug-likeness (QED) is 0.776. The Kier molecular flexibility index (Phi) is 6.64. The van der Waals surface area contributed by atoms with Crippen LogP contribution in [0.25, 0.3) is 0 Å². The van der Waals surface area contributed by atoms with Crippen LogP contribution in [0.4, 0.5) is 0 Å². The topological polar surface area (TPSA) is 89.7 Å². The number of aryl methyl sites for hydroxylation is 1. The molecule has 2 aromatic rings. The van der Waals surface area contributed by atoms with Gasteiger partial charge in [-0.05, 0) is 48.7 Å². The summed E-state index contributed by atoms with van der Waals surface area (Å²) in [6.07, 6.45) is 0.772. The largest absolute Gasteiger partial charge is 0.484 e. The van der Waals surface area contributed by atoms with Gasteiger partial charge < -0.3 is 10.5 Å². The van der Waals surface area contributed by atoms with E-state index in [1.54, 1.807) is 16.4 Å². The number of thioether (sulfide) groups is 1.